The average molecular weight is 428 g/mol. The van der Waals surface area contributed by atoms with Crippen molar-refractivity contribution in [3.63, 3.8) is 0 Å². The molecule has 0 amide bonds. The Hall–Kier alpha value is -3.30. The van der Waals surface area contributed by atoms with Gasteiger partial charge in [-0.2, -0.15) is 5.26 Å². The second kappa shape index (κ2) is 8.33. The van der Waals surface area contributed by atoms with Crippen LogP contribution in [0.4, 0.5) is 11.4 Å². The highest BCUT2D eigenvalue weighted by Crippen LogP contribution is 2.31. The molecule has 1 saturated heterocycles. The van der Waals surface area contributed by atoms with Crippen LogP contribution >= 0.6 is 0 Å². The summed E-state index contributed by atoms with van der Waals surface area (Å²) in [5, 5.41) is 13.7. The molecule has 0 bridgehead atoms. The van der Waals surface area contributed by atoms with Crippen molar-refractivity contribution in [3.8, 4) is 6.07 Å². The van der Waals surface area contributed by atoms with Crippen LogP contribution in [-0.2, 0) is 13.0 Å². The molecule has 0 aliphatic carbocycles. The van der Waals surface area contributed by atoms with E-state index in [0.29, 0.717) is 5.56 Å². The second-order valence-electron chi connectivity index (χ2n) is 9.05. The van der Waals surface area contributed by atoms with Gasteiger partial charge >= 0.3 is 0 Å². The number of aryl methyl sites for hydroxylation is 2. The highest BCUT2D eigenvalue weighted by molar-refractivity contribution is 5.96. The lowest BCUT2D eigenvalue weighted by molar-refractivity contribution is 0.250. The van der Waals surface area contributed by atoms with Gasteiger partial charge in [0.05, 0.1) is 22.8 Å². The zero-order valence-corrected chi connectivity index (χ0v) is 18.8. The predicted octanol–water partition coefficient (Wildman–Crippen LogP) is 3.70. The number of benzene rings is 2. The van der Waals surface area contributed by atoms with Crippen molar-refractivity contribution < 1.29 is 0 Å². The minimum absolute atomic E-state index is 0.0441. The van der Waals surface area contributed by atoms with E-state index in [1.54, 1.807) is 0 Å². The molecule has 2 aromatic carbocycles. The van der Waals surface area contributed by atoms with E-state index < -0.39 is 0 Å². The maximum atomic E-state index is 12.6. The molecular formula is C26H29N5O. The quantitative estimate of drug-likeness (QED) is 0.667. The van der Waals surface area contributed by atoms with E-state index in [4.69, 9.17) is 5.26 Å². The number of aromatic amines is 1. The van der Waals surface area contributed by atoms with Gasteiger partial charge in [0.2, 0.25) is 0 Å². The molecule has 2 aliphatic rings. The third-order valence-electron chi connectivity index (χ3n) is 6.82. The van der Waals surface area contributed by atoms with Gasteiger partial charge in [-0.25, -0.2) is 0 Å². The van der Waals surface area contributed by atoms with Gasteiger partial charge in [0.25, 0.3) is 5.56 Å². The third-order valence-corrected chi connectivity index (χ3v) is 6.82. The molecule has 164 valence electrons. The third kappa shape index (κ3) is 3.74. The van der Waals surface area contributed by atoms with Crippen LogP contribution in [0.15, 0.2) is 35.1 Å². The van der Waals surface area contributed by atoms with Crippen molar-refractivity contribution in [1.29, 1.82) is 5.26 Å². The van der Waals surface area contributed by atoms with Crippen molar-refractivity contribution in [3.05, 3.63) is 68.5 Å². The van der Waals surface area contributed by atoms with E-state index in [0.717, 1.165) is 79.8 Å². The number of rotatable bonds is 3. The Labute approximate surface area is 188 Å². The lowest BCUT2D eigenvalue weighted by Gasteiger charge is -2.37. The van der Waals surface area contributed by atoms with Crippen molar-refractivity contribution >= 4 is 22.3 Å². The van der Waals surface area contributed by atoms with Gasteiger partial charge in [-0.1, -0.05) is 6.07 Å². The Bertz CT molecular complexity index is 1280. The van der Waals surface area contributed by atoms with E-state index in [-0.39, 0.29) is 5.56 Å². The predicted molar refractivity (Wildman–Crippen MR) is 130 cm³/mol. The fourth-order valence-electron chi connectivity index (χ4n) is 5.24. The Morgan fingerprint density at radius 3 is 2.62 bits per heavy atom. The van der Waals surface area contributed by atoms with E-state index >= 15 is 0 Å². The highest BCUT2D eigenvalue weighted by atomic mass is 16.1. The monoisotopic (exact) mass is 427 g/mol. The van der Waals surface area contributed by atoms with E-state index in [2.05, 4.69) is 58.2 Å². The summed E-state index contributed by atoms with van der Waals surface area (Å²) in [6.45, 7) is 9.93. The van der Waals surface area contributed by atoms with Gasteiger partial charge in [-0.05, 0) is 67.6 Å². The molecule has 2 N–H and O–H groups in total. The van der Waals surface area contributed by atoms with Crippen LogP contribution in [-0.4, -0.2) is 42.6 Å². The van der Waals surface area contributed by atoms with E-state index in [9.17, 15) is 4.79 Å². The zero-order chi connectivity index (χ0) is 22.2. The summed E-state index contributed by atoms with van der Waals surface area (Å²) < 4.78 is 0. The number of aromatic nitrogens is 1. The van der Waals surface area contributed by atoms with Crippen LogP contribution in [0, 0.1) is 25.2 Å². The minimum Gasteiger partial charge on any atom is -0.384 e. The Balaban J connectivity index is 1.33. The Morgan fingerprint density at radius 2 is 1.88 bits per heavy atom. The molecule has 3 heterocycles. The standard InChI is InChI=1S/C26H29N5O/c1-17-12-19(15-27)5-6-23(17)31-10-8-30(9-11-31)16-20-13-18(2)24-22(14-20)29-26(32)21-4-3-7-28-25(21)24/h5-6,12-14,28H,3-4,7-11,16H2,1-2H3,(H,29,32). The lowest BCUT2D eigenvalue weighted by Crippen LogP contribution is -2.46. The number of anilines is 2. The first-order valence-corrected chi connectivity index (χ1v) is 11.4. The molecule has 1 fully saturated rings. The lowest BCUT2D eigenvalue weighted by atomic mass is 9.97. The van der Waals surface area contributed by atoms with E-state index in [1.165, 1.54) is 16.8 Å². The summed E-state index contributed by atoms with van der Waals surface area (Å²) in [4.78, 5) is 20.6. The second-order valence-corrected chi connectivity index (χ2v) is 9.05. The number of hydrogen-bond acceptors (Lipinski definition) is 5. The minimum atomic E-state index is 0.0441. The van der Waals surface area contributed by atoms with Crippen LogP contribution in [0.1, 0.15) is 34.2 Å². The number of pyridine rings is 1. The number of nitriles is 1. The largest absolute Gasteiger partial charge is 0.384 e. The molecule has 2 aliphatic heterocycles. The van der Waals surface area contributed by atoms with Crippen LogP contribution in [0.25, 0.3) is 10.9 Å². The van der Waals surface area contributed by atoms with Gasteiger partial charge in [-0.15, -0.1) is 0 Å². The summed E-state index contributed by atoms with van der Waals surface area (Å²) in [7, 11) is 0. The Morgan fingerprint density at radius 1 is 1.06 bits per heavy atom. The van der Waals surface area contributed by atoms with Crippen LogP contribution in [0.3, 0.4) is 0 Å². The molecule has 32 heavy (non-hydrogen) atoms. The molecule has 3 aromatic rings. The number of H-pyrrole nitrogens is 1. The summed E-state index contributed by atoms with van der Waals surface area (Å²) in [6, 6.07) is 12.6. The SMILES string of the molecule is Cc1cc(C#N)ccc1N1CCN(Cc2cc(C)c3c4c(c(=O)[nH]c3c2)CCCN4)CC1. The molecule has 0 atom stereocenters. The van der Waals surface area contributed by atoms with Crippen molar-refractivity contribution in [2.24, 2.45) is 0 Å². The van der Waals surface area contributed by atoms with Crippen molar-refractivity contribution in [2.75, 3.05) is 42.9 Å². The summed E-state index contributed by atoms with van der Waals surface area (Å²) in [5.41, 5.74) is 8.46. The van der Waals surface area contributed by atoms with Gasteiger partial charge in [-0.3, -0.25) is 9.69 Å². The molecule has 0 unspecified atom stereocenters. The average Bonchev–Trinajstić information content (AvgIpc) is 2.79. The summed E-state index contributed by atoms with van der Waals surface area (Å²) in [5.74, 6) is 0. The summed E-state index contributed by atoms with van der Waals surface area (Å²) in [6.07, 6.45) is 1.85. The van der Waals surface area contributed by atoms with E-state index in [1.807, 2.05) is 12.1 Å². The van der Waals surface area contributed by atoms with Gasteiger partial charge in [0.15, 0.2) is 0 Å². The molecule has 0 spiro atoms. The molecule has 0 radical (unpaired) electrons. The number of piperazine rings is 1. The van der Waals surface area contributed by atoms with Crippen LogP contribution in [0.2, 0.25) is 0 Å². The van der Waals surface area contributed by atoms with Gasteiger partial charge in [0, 0.05) is 55.9 Å². The Kier molecular flexibility index (Phi) is 5.36. The van der Waals surface area contributed by atoms with Gasteiger partial charge in [0.1, 0.15) is 0 Å². The van der Waals surface area contributed by atoms with Crippen LogP contribution < -0.4 is 15.8 Å². The fraction of sp³-hybridized carbons (Fsp3) is 0.385. The molecule has 1 aromatic heterocycles. The van der Waals surface area contributed by atoms with Gasteiger partial charge < -0.3 is 15.2 Å². The topological polar surface area (TPSA) is 75.2 Å². The molecule has 6 nitrogen and oxygen atoms in total. The first-order valence-electron chi connectivity index (χ1n) is 11.4. The maximum Gasteiger partial charge on any atom is 0.253 e. The number of nitrogens with zero attached hydrogens (tertiary/aromatic N) is 3. The number of fused-ring (bicyclic) bond motifs is 3. The summed E-state index contributed by atoms with van der Waals surface area (Å²) >= 11 is 0. The zero-order valence-electron chi connectivity index (χ0n) is 18.8. The smallest absolute Gasteiger partial charge is 0.253 e. The van der Waals surface area contributed by atoms with Crippen molar-refractivity contribution in [1.82, 2.24) is 9.88 Å². The van der Waals surface area contributed by atoms with Crippen molar-refractivity contribution in [2.45, 2.75) is 33.2 Å². The molecule has 6 heteroatoms. The first kappa shape index (κ1) is 20.6. The fourth-order valence-corrected chi connectivity index (χ4v) is 5.24. The molecule has 0 saturated carbocycles. The molecule has 5 rings (SSSR count). The normalized spacial score (nSPS) is 16.5. The molecular weight excluding hydrogens is 398 g/mol. The maximum absolute atomic E-state index is 12.6. The van der Waals surface area contributed by atoms with Crippen LogP contribution in [0.5, 0.6) is 0 Å². The number of hydrogen-bond donors (Lipinski definition) is 2. The first-order chi connectivity index (χ1) is 15.5. The number of nitrogens with one attached hydrogen (secondary N) is 2. The highest BCUT2D eigenvalue weighted by Gasteiger charge is 2.21.